The number of hydrogen-bond acceptors (Lipinski definition) is 4. The normalized spacial score (nSPS) is 25.2. The molecule has 0 N–H and O–H groups in total. The van der Waals surface area contributed by atoms with Crippen LogP contribution in [0, 0.1) is 0 Å². The van der Waals surface area contributed by atoms with Crippen LogP contribution in [0.5, 0.6) is 0 Å². The molecule has 2 aliphatic rings. The fourth-order valence-corrected chi connectivity index (χ4v) is 3.66. The molecule has 1 amide bonds. The van der Waals surface area contributed by atoms with Crippen LogP contribution in [0.15, 0.2) is 24.3 Å². The number of fused-ring (bicyclic) bond motifs is 2. The summed E-state index contributed by atoms with van der Waals surface area (Å²) in [6.45, 7) is 1.58. The van der Waals surface area contributed by atoms with Gasteiger partial charge in [0.15, 0.2) is 0 Å². The van der Waals surface area contributed by atoms with Gasteiger partial charge in [-0.3, -0.25) is 4.79 Å². The van der Waals surface area contributed by atoms with Crippen LogP contribution in [0.1, 0.15) is 25.7 Å². The van der Waals surface area contributed by atoms with Crippen molar-refractivity contribution in [2.24, 2.45) is 0 Å². The minimum Gasteiger partial charge on any atom is -0.374 e. The Morgan fingerprint density at radius 2 is 2.14 bits per heavy atom. The van der Waals surface area contributed by atoms with Crippen LogP contribution in [-0.2, 0) is 16.1 Å². The highest BCUT2D eigenvalue weighted by molar-refractivity contribution is 5.80. The Kier molecular flexibility index (Phi) is 3.54. The monoisotopic (exact) mass is 300 g/mol. The van der Waals surface area contributed by atoms with Crippen molar-refractivity contribution in [3.8, 4) is 0 Å². The molecule has 0 radical (unpaired) electrons. The van der Waals surface area contributed by atoms with E-state index in [4.69, 9.17) is 4.74 Å². The van der Waals surface area contributed by atoms with Crippen molar-refractivity contribution in [1.82, 2.24) is 19.9 Å². The molecule has 1 aromatic carbocycles. The van der Waals surface area contributed by atoms with Crippen LogP contribution in [0.2, 0.25) is 0 Å². The van der Waals surface area contributed by atoms with Gasteiger partial charge in [-0.2, -0.15) is 0 Å². The van der Waals surface area contributed by atoms with E-state index in [0.717, 1.165) is 23.9 Å². The molecule has 6 nitrogen and oxygen atoms in total. The van der Waals surface area contributed by atoms with Gasteiger partial charge in [0.25, 0.3) is 0 Å². The van der Waals surface area contributed by atoms with Crippen molar-refractivity contribution in [1.29, 1.82) is 0 Å². The van der Waals surface area contributed by atoms with Crippen LogP contribution in [0.3, 0.4) is 0 Å². The molecule has 1 aromatic heterocycles. The molecule has 4 rings (SSSR count). The van der Waals surface area contributed by atoms with Crippen LogP contribution in [-0.4, -0.2) is 51.1 Å². The van der Waals surface area contributed by atoms with Gasteiger partial charge in [0.05, 0.1) is 24.3 Å². The zero-order valence-electron chi connectivity index (χ0n) is 12.5. The molecule has 1 saturated carbocycles. The van der Waals surface area contributed by atoms with E-state index in [0.29, 0.717) is 13.2 Å². The predicted molar refractivity (Wildman–Crippen MR) is 81.2 cm³/mol. The summed E-state index contributed by atoms with van der Waals surface area (Å²) in [5.41, 5.74) is 1.73. The maximum absolute atomic E-state index is 12.7. The molecule has 1 aliphatic carbocycles. The Balaban J connectivity index is 1.53. The van der Waals surface area contributed by atoms with Gasteiger partial charge in [-0.1, -0.05) is 30.2 Å². The van der Waals surface area contributed by atoms with Gasteiger partial charge in [-0.15, -0.1) is 5.10 Å². The fraction of sp³-hybridized carbons (Fsp3) is 0.562. The lowest BCUT2D eigenvalue weighted by molar-refractivity contribution is -0.150. The average molecular weight is 300 g/mol. The van der Waals surface area contributed by atoms with E-state index in [9.17, 15) is 4.79 Å². The number of ether oxygens (including phenoxy) is 1. The lowest BCUT2D eigenvalue weighted by Gasteiger charge is -2.43. The Morgan fingerprint density at radius 3 is 3.09 bits per heavy atom. The topological polar surface area (TPSA) is 60.2 Å². The van der Waals surface area contributed by atoms with E-state index >= 15 is 0 Å². The molecule has 0 spiro atoms. The van der Waals surface area contributed by atoms with Gasteiger partial charge in [-0.25, -0.2) is 4.68 Å². The number of aromatic nitrogens is 3. The predicted octanol–water partition coefficient (Wildman–Crippen LogP) is 1.60. The van der Waals surface area contributed by atoms with Gasteiger partial charge in [0, 0.05) is 6.54 Å². The number of morpholine rings is 1. The quantitative estimate of drug-likeness (QED) is 0.845. The smallest absolute Gasteiger partial charge is 0.244 e. The Morgan fingerprint density at radius 1 is 1.27 bits per heavy atom. The minimum atomic E-state index is 0.121. The van der Waals surface area contributed by atoms with Crippen molar-refractivity contribution in [3.63, 3.8) is 0 Å². The number of nitrogens with zero attached hydrogens (tertiary/aromatic N) is 4. The first-order valence-electron chi connectivity index (χ1n) is 8.02. The molecule has 116 valence electrons. The molecular weight excluding hydrogens is 280 g/mol. The third kappa shape index (κ3) is 2.37. The summed E-state index contributed by atoms with van der Waals surface area (Å²) < 4.78 is 7.54. The fourth-order valence-electron chi connectivity index (χ4n) is 3.66. The second-order valence-corrected chi connectivity index (χ2v) is 6.08. The van der Waals surface area contributed by atoms with E-state index < -0.39 is 0 Å². The van der Waals surface area contributed by atoms with Gasteiger partial charge >= 0.3 is 0 Å². The van der Waals surface area contributed by atoms with E-state index in [-0.39, 0.29) is 24.6 Å². The summed E-state index contributed by atoms with van der Waals surface area (Å²) in [5.74, 6) is 0.121. The largest absolute Gasteiger partial charge is 0.374 e. The highest BCUT2D eigenvalue weighted by Gasteiger charge is 2.36. The highest BCUT2D eigenvalue weighted by atomic mass is 16.5. The Bertz CT molecular complexity index is 682. The van der Waals surface area contributed by atoms with Gasteiger partial charge < -0.3 is 9.64 Å². The van der Waals surface area contributed by atoms with Crippen molar-refractivity contribution < 1.29 is 9.53 Å². The molecule has 2 heterocycles. The number of amides is 1. The molecule has 2 atom stereocenters. The van der Waals surface area contributed by atoms with E-state index in [1.165, 1.54) is 12.8 Å². The zero-order chi connectivity index (χ0) is 14.9. The van der Waals surface area contributed by atoms with Crippen LogP contribution in [0.25, 0.3) is 11.0 Å². The number of carbonyl (C=O) groups excluding carboxylic acids is 1. The van der Waals surface area contributed by atoms with Crippen molar-refractivity contribution in [3.05, 3.63) is 24.3 Å². The lowest BCUT2D eigenvalue weighted by atomic mass is 9.90. The first kappa shape index (κ1) is 13.7. The molecular formula is C16H20N4O2. The third-order valence-electron chi connectivity index (χ3n) is 4.76. The van der Waals surface area contributed by atoms with Crippen molar-refractivity contribution in [2.45, 2.75) is 44.4 Å². The lowest BCUT2D eigenvalue weighted by Crippen LogP contribution is -2.55. The number of hydrogen-bond donors (Lipinski definition) is 0. The summed E-state index contributed by atoms with van der Waals surface area (Å²) in [6, 6.07) is 7.97. The van der Waals surface area contributed by atoms with Gasteiger partial charge in [0.2, 0.25) is 5.91 Å². The van der Waals surface area contributed by atoms with Crippen LogP contribution >= 0.6 is 0 Å². The highest BCUT2D eigenvalue weighted by Crippen LogP contribution is 2.28. The number of carbonyl (C=O) groups is 1. The number of rotatable bonds is 2. The first-order valence-corrected chi connectivity index (χ1v) is 8.02. The van der Waals surface area contributed by atoms with Gasteiger partial charge in [0.1, 0.15) is 12.1 Å². The van der Waals surface area contributed by atoms with Gasteiger partial charge in [-0.05, 0) is 25.0 Å². The molecule has 6 heteroatoms. The van der Waals surface area contributed by atoms with Crippen molar-refractivity contribution in [2.75, 3.05) is 13.2 Å². The standard InChI is InChI=1S/C16H20N4O2/c21-16(11-20-13-6-2-1-5-12(13)17-18-20)19-9-10-22-15-8-4-3-7-14(15)19/h1-2,5-6,14-15H,3-4,7-11H2. The summed E-state index contributed by atoms with van der Waals surface area (Å²) in [4.78, 5) is 14.7. The van der Waals surface area contributed by atoms with E-state index in [2.05, 4.69) is 10.3 Å². The third-order valence-corrected chi connectivity index (χ3v) is 4.76. The van der Waals surface area contributed by atoms with E-state index in [1.807, 2.05) is 29.2 Å². The summed E-state index contributed by atoms with van der Waals surface area (Å²) in [5, 5.41) is 8.24. The molecule has 2 fully saturated rings. The maximum Gasteiger partial charge on any atom is 0.244 e. The number of benzene rings is 1. The number of para-hydroxylation sites is 1. The minimum absolute atomic E-state index is 0.121. The first-order chi connectivity index (χ1) is 10.8. The summed E-state index contributed by atoms with van der Waals surface area (Å²) >= 11 is 0. The second-order valence-electron chi connectivity index (χ2n) is 6.08. The molecule has 0 bridgehead atoms. The SMILES string of the molecule is O=C(Cn1nnc2ccccc21)N1CCOC2CCCCC21. The van der Waals surface area contributed by atoms with Crippen LogP contribution in [0.4, 0.5) is 0 Å². The van der Waals surface area contributed by atoms with Crippen LogP contribution < -0.4 is 0 Å². The molecule has 2 unspecified atom stereocenters. The molecule has 2 aromatic rings. The zero-order valence-corrected chi connectivity index (χ0v) is 12.5. The Hall–Kier alpha value is -1.95. The average Bonchev–Trinajstić information content (AvgIpc) is 2.97. The van der Waals surface area contributed by atoms with Crippen molar-refractivity contribution >= 4 is 16.9 Å². The maximum atomic E-state index is 12.7. The molecule has 22 heavy (non-hydrogen) atoms. The Labute approximate surface area is 129 Å². The van der Waals surface area contributed by atoms with E-state index in [1.54, 1.807) is 4.68 Å². The summed E-state index contributed by atoms with van der Waals surface area (Å²) in [6.07, 6.45) is 4.73. The molecule has 1 saturated heterocycles. The molecule has 1 aliphatic heterocycles. The second kappa shape index (κ2) is 5.68. The summed E-state index contributed by atoms with van der Waals surface area (Å²) in [7, 11) is 0.